The number of ether oxygens (including phenoxy) is 2. The zero-order valence-corrected chi connectivity index (χ0v) is 17.2. The second-order valence-electron chi connectivity index (χ2n) is 6.41. The molecule has 0 fully saturated rings. The van der Waals surface area contributed by atoms with Crippen molar-refractivity contribution in [2.45, 2.75) is 13.8 Å². The largest absolute Gasteiger partial charge is 0.493 e. The van der Waals surface area contributed by atoms with Crippen LogP contribution in [0.2, 0.25) is 0 Å². The Morgan fingerprint density at radius 3 is 2.50 bits per heavy atom. The summed E-state index contributed by atoms with van der Waals surface area (Å²) in [6.45, 7) is 4.38. The summed E-state index contributed by atoms with van der Waals surface area (Å²) in [5.41, 5.74) is 3.28. The maximum Gasteiger partial charge on any atom is 0.248 e. The third kappa shape index (κ3) is 5.81. The van der Waals surface area contributed by atoms with Crippen molar-refractivity contribution >= 4 is 29.2 Å². The standard InChI is InChI=1S/C23H24N4O3/c1-4-30-20-11-5-17(14-21(20)29-3)6-12-23(28)27-19-9-7-18(8-10-19)26-22-13-16(2)24-15-25-22/h5-15H,4H2,1-3H3,(H,27,28)(H,24,25,26)/b12-6+. The molecule has 1 amide bonds. The number of hydrogen-bond acceptors (Lipinski definition) is 6. The van der Waals surface area contributed by atoms with Gasteiger partial charge in [0.25, 0.3) is 0 Å². The van der Waals surface area contributed by atoms with E-state index < -0.39 is 0 Å². The quantitative estimate of drug-likeness (QED) is 0.534. The molecule has 0 unspecified atom stereocenters. The summed E-state index contributed by atoms with van der Waals surface area (Å²) in [5, 5.41) is 6.03. The summed E-state index contributed by atoms with van der Waals surface area (Å²) >= 11 is 0. The molecule has 1 aromatic heterocycles. The number of carbonyl (C=O) groups is 1. The normalized spacial score (nSPS) is 10.6. The van der Waals surface area contributed by atoms with Gasteiger partial charge in [-0.1, -0.05) is 6.07 Å². The first kappa shape index (κ1) is 20.9. The predicted octanol–water partition coefficient (Wildman–Crippen LogP) is 4.59. The number of benzene rings is 2. The van der Waals surface area contributed by atoms with E-state index in [-0.39, 0.29) is 5.91 Å². The Balaban J connectivity index is 1.59. The summed E-state index contributed by atoms with van der Waals surface area (Å²) in [7, 11) is 1.59. The van der Waals surface area contributed by atoms with Crippen LogP contribution in [-0.4, -0.2) is 29.6 Å². The number of hydrogen-bond donors (Lipinski definition) is 2. The Kier molecular flexibility index (Phi) is 7.00. The SMILES string of the molecule is CCOc1ccc(/C=C/C(=O)Nc2ccc(Nc3cc(C)ncn3)cc2)cc1OC. The molecule has 2 aromatic carbocycles. The Morgan fingerprint density at radius 1 is 1.03 bits per heavy atom. The van der Waals surface area contributed by atoms with Crippen molar-refractivity contribution in [3.8, 4) is 11.5 Å². The fourth-order valence-electron chi connectivity index (χ4n) is 2.73. The second-order valence-corrected chi connectivity index (χ2v) is 6.41. The highest BCUT2D eigenvalue weighted by Gasteiger charge is 2.05. The van der Waals surface area contributed by atoms with Crippen molar-refractivity contribution in [2.75, 3.05) is 24.4 Å². The van der Waals surface area contributed by atoms with Crippen LogP contribution in [-0.2, 0) is 4.79 Å². The van der Waals surface area contributed by atoms with Gasteiger partial charge in [-0.2, -0.15) is 0 Å². The third-order valence-corrected chi connectivity index (χ3v) is 4.14. The van der Waals surface area contributed by atoms with Crippen molar-refractivity contribution in [1.82, 2.24) is 9.97 Å². The van der Waals surface area contributed by atoms with Gasteiger partial charge in [-0.15, -0.1) is 0 Å². The van der Waals surface area contributed by atoms with E-state index in [9.17, 15) is 4.79 Å². The summed E-state index contributed by atoms with van der Waals surface area (Å²) in [4.78, 5) is 20.5. The first-order valence-corrected chi connectivity index (χ1v) is 9.53. The van der Waals surface area contributed by atoms with Crippen molar-refractivity contribution in [1.29, 1.82) is 0 Å². The minimum absolute atomic E-state index is 0.227. The lowest BCUT2D eigenvalue weighted by Gasteiger charge is -2.09. The van der Waals surface area contributed by atoms with Crippen LogP contribution in [0.1, 0.15) is 18.2 Å². The minimum Gasteiger partial charge on any atom is -0.493 e. The summed E-state index contributed by atoms with van der Waals surface area (Å²) in [6.07, 6.45) is 4.71. The lowest BCUT2D eigenvalue weighted by molar-refractivity contribution is -0.111. The van der Waals surface area contributed by atoms with Gasteiger partial charge >= 0.3 is 0 Å². The summed E-state index contributed by atoms with van der Waals surface area (Å²) in [5.74, 6) is 1.79. The molecule has 0 aliphatic heterocycles. The topological polar surface area (TPSA) is 85.4 Å². The number of carbonyl (C=O) groups excluding carboxylic acids is 1. The number of aromatic nitrogens is 2. The van der Waals surface area contributed by atoms with Gasteiger partial charge in [-0.3, -0.25) is 4.79 Å². The second kappa shape index (κ2) is 10.1. The number of methoxy groups -OCH3 is 1. The number of nitrogens with zero attached hydrogens (tertiary/aromatic N) is 2. The highest BCUT2D eigenvalue weighted by atomic mass is 16.5. The van der Waals surface area contributed by atoms with Gasteiger partial charge in [0.05, 0.1) is 13.7 Å². The molecule has 30 heavy (non-hydrogen) atoms. The van der Waals surface area contributed by atoms with Gasteiger partial charge in [0.15, 0.2) is 11.5 Å². The van der Waals surface area contributed by atoms with E-state index >= 15 is 0 Å². The van der Waals surface area contributed by atoms with Crippen LogP contribution in [0.15, 0.2) is 60.9 Å². The average Bonchev–Trinajstić information content (AvgIpc) is 2.74. The van der Waals surface area contributed by atoms with E-state index in [1.165, 1.54) is 12.4 Å². The van der Waals surface area contributed by atoms with Crippen LogP contribution in [0.25, 0.3) is 6.08 Å². The molecule has 0 aliphatic carbocycles. The van der Waals surface area contributed by atoms with Crippen LogP contribution in [0.4, 0.5) is 17.2 Å². The maximum absolute atomic E-state index is 12.2. The molecule has 0 bridgehead atoms. The molecule has 0 spiro atoms. The molecule has 3 rings (SSSR count). The summed E-state index contributed by atoms with van der Waals surface area (Å²) < 4.78 is 10.8. The van der Waals surface area contributed by atoms with E-state index in [2.05, 4.69) is 20.6 Å². The number of amides is 1. The van der Waals surface area contributed by atoms with E-state index in [1.54, 1.807) is 13.2 Å². The fraction of sp³-hybridized carbons (Fsp3) is 0.174. The highest BCUT2D eigenvalue weighted by molar-refractivity contribution is 6.02. The molecule has 0 radical (unpaired) electrons. The smallest absolute Gasteiger partial charge is 0.248 e. The predicted molar refractivity (Wildman–Crippen MR) is 118 cm³/mol. The van der Waals surface area contributed by atoms with Crippen LogP contribution in [0.3, 0.4) is 0 Å². The molecule has 0 saturated carbocycles. The van der Waals surface area contributed by atoms with Gasteiger partial charge in [-0.25, -0.2) is 9.97 Å². The lowest BCUT2D eigenvalue weighted by atomic mass is 10.2. The first-order valence-electron chi connectivity index (χ1n) is 9.53. The molecule has 154 valence electrons. The van der Waals surface area contributed by atoms with E-state index in [0.29, 0.717) is 29.6 Å². The van der Waals surface area contributed by atoms with E-state index in [0.717, 1.165) is 16.9 Å². The molecule has 2 N–H and O–H groups in total. The number of anilines is 3. The number of nitrogens with one attached hydrogen (secondary N) is 2. The van der Waals surface area contributed by atoms with Crippen molar-refractivity contribution in [3.05, 3.63) is 72.2 Å². The van der Waals surface area contributed by atoms with Crippen LogP contribution >= 0.6 is 0 Å². The highest BCUT2D eigenvalue weighted by Crippen LogP contribution is 2.28. The monoisotopic (exact) mass is 404 g/mol. The Morgan fingerprint density at radius 2 is 1.80 bits per heavy atom. The van der Waals surface area contributed by atoms with Gasteiger partial charge < -0.3 is 20.1 Å². The van der Waals surface area contributed by atoms with E-state index in [1.807, 2.05) is 62.4 Å². The molecule has 0 atom stereocenters. The Labute approximate surface area is 175 Å². The van der Waals surface area contributed by atoms with Crippen LogP contribution in [0.5, 0.6) is 11.5 Å². The van der Waals surface area contributed by atoms with Gasteiger partial charge in [0.1, 0.15) is 12.1 Å². The summed E-state index contributed by atoms with van der Waals surface area (Å²) in [6, 6.07) is 14.8. The zero-order valence-electron chi connectivity index (χ0n) is 17.2. The third-order valence-electron chi connectivity index (χ3n) is 4.14. The molecule has 7 heteroatoms. The van der Waals surface area contributed by atoms with Crippen LogP contribution in [0, 0.1) is 6.92 Å². The van der Waals surface area contributed by atoms with Crippen molar-refractivity contribution in [2.24, 2.45) is 0 Å². The van der Waals surface area contributed by atoms with Gasteiger partial charge in [0.2, 0.25) is 5.91 Å². The first-order chi connectivity index (χ1) is 14.6. The molecule has 0 aliphatic rings. The van der Waals surface area contributed by atoms with Gasteiger partial charge in [0, 0.05) is 29.2 Å². The molecule has 1 heterocycles. The molecule has 0 saturated heterocycles. The molecular weight excluding hydrogens is 380 g/mol. The van der Waals surface area contributed by atoms with E-state index in [4.69, 9.17) is 9.47 Å². The Hall–Kier alpha value is -3.87. The zero-order chi connectivity index (χ0) is 21.3. The average molecular weight is 404 g/mol. The van der Waals surface area contributed by atoms with Crippen molar-refractivity contribution < 1.29 is 14.3 Å². The van der Waals surface area contributed by atoms with Gasteiger partial charge in [-0.05, 0) is 61.9 Å². The maximum atomic E-state index is 12.2. The molecule has 3 aromatic rings. The minimum atomic E-state index is -0.227. The lowest BCUT2D eigenvalue weighted by Crippen LogP contribution is -2.07. The van der Waals surface area contributed by atoms with Crippen molar-refractivity contribution in [3.63, 3.8) is 0 Å². The number of aryl methyl sites for hydroxylation is 1. The Bertz CT molecular complexity index is 1030. The molecule has 7 nitrogen and oxygen atoms in total. The fourth-order valence-corrected chi connectivity index (χ4v) is 2.73. The molecular formula is C23H24N4O3. The van der Waals surface area contributed by atoms with Crippen LogP contribution < -0.4 is 20.1 Å². The number of rotatable bonds is 8.